The van der Waals surface area contributed by atoms with Gasteiger partial charge in [-0.3, -0.25) is 0 Å². The Morgan fingerprint density at radius 1 is 1.00 bits per heavy atom. The Kier molecular flexibility index (Phi) is 5.90. The van der Waals surface area contributed by atoms with Crippen LogP contribution in [0.1, 0.15) is 37.9 Å². The molecule has 0 amide bonds. The monoisotopic (exact) mass is 339 g/mol. The normalized spacial score (nSPS) is 10.8. The summed E-state index contributed by atoms with van der Waals surface area (Å²) < 4.78 is 0. The molecule has 0 aliphatic carbocycles. The third kappa shape index (κ3) is 4.38. The molecule has 24 heavy (non-hydrogen) atoms. The summed E-state index contributed by atoms with van der Waals surface area (Å²) in [5, 5.41) is 3.03. The molecule has 124 valence electrons. The third-order valence-corrected chi connectivity index (χ3v) is 4.81. The lowest BCUT2D eigenvalue weighted by atomic mass is 10.1. The molecular weight excluding hydrogens is 318 g/mol. The molecule has 0 spiro atoms. The molecule has 1 N–H and O–H groups in total. The number of carbonyl (C=O) groups excluding carboxylic acids is 1. The molecule has 0 bridgehead atoms. The number of carbonyl (C=O) groups is 1. The van der Waals surface area contributed by atoms with Crippen LogP contribution in [-0.4, -0.2) is 21.2 Å². The van der Waals surface area contributed by atoms with E-state index in [1.807, 2.05) is 17.8 Å². The molecule has 4 nitrogen and oxygen atoms in total. The molecule has 0 aliphatic rings. The van der Waals surface area contributed by atoms with E-state index in [9.17, 15) is 4.79 Å². The van der Waals surface area contributed by atoms with Crippen molar-refractivity contribution >= 4 is 17.6 Å². The fraction of sp³-hybridized carbons (Fsp3) is 0.316. The lowest BCUT2D eigenvalue weighted by Gasteiger charge is -2.01. The standard InChI is InChI=1S/C19H21N3OS/c23-12-5-3-1-2-4-6-18-21-14-17(22-18)15-7-9-16(10-8-15)19-20-11-13-24-19/h7-14H,1-6H2,(H,21,22). The number of H-pyrrole nitrogens is 1. The van der Waals surface area contributed by atoms with Gasteiger partial charge in [0.05, 0.1) is 11.9 Å². The first-order valence-electron chi connectivity index (χ1n) is 8.34. The van der Waals surface area contributed by atoms with Gasteiger partial charge >= 0.3 is 0 Å². The van der Waals surface area contributed by atoms with Gasteiger partial charge in [0.1, 0.15) is 17.1 Å². The van der Waals surface area contributed by atoms with Crippen molar-refractivity contribution in [1.29, 1.82) is 0 Å². The number of hydrogen-bond acceptors (Lipinski definition) is 4. The lowest BCUT2D eigenvalue weighted by Crippen LogP contribution is -1.89. The molecule has 0 fully saturated rings. The predicted octanol–water partition coefficient (Wildman–Crippen LogP) is 4.89. The SMILES string of the molecule is O=CCCCCCCc1ncc(-c2ccc(-c3nccs3)cc2)[nH]1. The van der Waals surface area contributed by atoms with Gasteiger partial charge < -0.3 is 9.78 Å². The molecule has 0 unspecified atom stereocenters. The first-order chi connectivity index (χ1) is 11.9. The molecule has 1 aromatic carbocycles. The van der Waals surface area contributed by atoms with Gasteiger partial charge in [-0.2, -0.15) is 0 Å². The van der Waals surface area contributed by atoms with E-state index >= 15 is 0 Å². The highest BCUT2D eigenvalue weighted by atomic mass is 32.1. The fourth-order valence-corrected chi connectivity index (χ4v) is 3.31. The maximum Gasteiger partial charge on any atom is 0.123 e. The van der Waals surface area contributed by atoms with Gasteiger partial charge in [0, 0.05) is 30.0 Å². The van der Waals surface area contributed by atoms with Crippen molar-refractivity contribution in [2.75, 3.05) is 0 Å². The van der Waals surface area contributed by atoms with Crippen molar-refractivity contribution in [2.24, 2.45) is 0 Å². The van der Waals surface area contributed by atoms with Crippen LogP contribution in [-0.2, 0) is 11.2 Å². The minimum Gasteiger partial charge on any atom is -0.342 e. The highest BCUT2D eigenvalue weighted by Gasteiger charge is 2.05. The zero-order valence-corrected chi connectivity index (χ0v) is 14.4. The van der Waals surface area contributed by atoms with Gasteiger partial charge in [0.25, 0.3) is 0 Å². The maximum atomic E-state index is 10.3. The topological polar surface area (TPSA) is 58.6 Å². The fourth-order valence-electron chi connectivity index (χ4n) is 2.67. The van der Waals surface area contributed by atoms with Crippen LogP contribution in [0.25, 0.3) is 21.8 Å². The van der Waals surface area contributed by atoms with E-state index in [2.05, 4.69) is 39.2 Å². The Morgan fingerprint density at radius 3 is 2.54 bits per heavy atom. The van der Waals surface area contributed by atoms with Gasteiger partial charge in [-0.15, -0.1) is 11.3 Å². The van der Waals surface area contributed by atoms with Crippen molar-refractivity contribution in [3.8, 4) is 21.8 Å². The van der Waals surface area contributed by atoms with Crippen LogP contribution in [0.4, 0.5) is 0 Å². The third-order valence-electron chi connectivity index (χ3n) is 3.99. The van der Waals surface area contributed by atoms with Crippen LogP contribution in [0.15, 0.2) is 42.0 Å². The van der Waals surface area contributed by atoms with Crippen molar-refractivity contribution < 1.29 is 4.79 Å². The summed E-state index contributed by atoms with van der Waals surface area (Å²) in [5.74, 6) is 1.03. The number of nitrogens with zero attached hydrogens (tertiary/aromatic N) is 2. The van der Waals surface area contributed by atoms with Gasteiger partial charge in [-0.05, 0) is 18.4 Å². The summed E-state index contributed by atoms with van der Waals surface area (Å²) in [7, 11) is 0. The molecular formula is C19H21N3OS. The number of hydrogen-bond donors (Lipinski definition) is 1. The number of aromatic nitrogens is 3. The van der Waals surface area contributed by atoms with Crippen molar-refractivity contribution in [1.82, 2.24) is 15.0 Å². The summed E-state index contributed by atoms with van der Waals surface area (Å²) in [6, 6.07) is 8.41. The maximum absolute atomic E-state index is 10.3. The van der Waals surface area contributed by atoms with E-state index in [0.717, 1.165) is 66.0 Å². The molecule has 0 aliphatic heterocycles. The number of aromatic amines is 1. The van der Waals surface area contributed by atoms with Crippen molar-refractivity contribution in [2.45, 2.75) is 38.5 Å². The van der Waals surface area contributed by atoms with E-state index in [1.165, 1.54) is 0 Å². The quantitative estimate of drug-likeness (QED) is 0.446. The number of rotatable bonds is 9. The number of unbranched alkanes of at least 4 members (excludes halogenated alkanes) is 4. The first kappa shape index (κ1) is 16.6. The summed E-state index contributed by atoms with van der Waals surface area (Å²) >= 11 is 1.65. The highest BCUT2D eigenvalue weighted by molar-refractivity contribution is 7.13. The molecule has 2 aromatic heterocycles. The Bertz CT molecular complexity index is 747. The first-order valence-corrected chi connectivity index (χ1v) is 9.22. The van der Waals surface area contributed by atoms with Crippen LogP contribution >= 0.6 is 11.3 Å². The van der Waals surface area contributed by atoms with E-state index in [0.29, 0.717) is 6.42 Å². The molecule has 2 heterocycles. The number of aldehydes is 1. The molecule has 3 rings (SSSR count). The summed E-state index contributed by atoms with van der Waals surface area (Å²) in [5.41, 5.74) is 3.33. The van der Waals surface area contributed by atoms with Crippen LogP contribution in [0.3, 0.4) is 0 Å². The second-order valence-corrected chi connectivity index (χ2v) is 6.67. The largest absolute Gasteiger partial charge is 0.342 e. The minimum absolute atomic E-state index is 0.682. The van der Waals surface area contributed by atoms with Crippen LogP contribution in [0.5, 0.6) is 0 Å². The van der Waals surface area contributed by atoms with Gasteiger partial charge in [-0.1, -0.05) is 37.1 Å². The number of imidazole rings is 1. The smallest absolute Gasteiger partial charge is 0.123 e. The highest BCUT2D eigenvalue weighted by Crippen LogP contribution is 2.25. The summed E-state index contributed by atoms with van der Waals surface area (Å²) in [4.78, 5) is 22.5. The molecule has 3 aromatic rings. The Labute approximate surface area is 146 Å². The zero-order chi connectivity index (χ0) is 16.6. The van der Waals surface area contributed by atoms with Gasteiger partial charge in [0.2, 0.25) is 0 Å². The van der Waals surface area contributed by atoms with Crippen LogP contribution in [0, 0.1) is 0 Å². The molecule has 5 heteroatoms. The second kappa shape index (κ2) is 8.55. The second-order valence-electron chi connectivity index (χ2n) is 5.78. The van der Waals surface area contributed by atoms with Gasteiger partial charge in [0.15, 0.2) is 0 Å². The van der Waals surface area contributed by atoms with Crippen LogP contribution in [0.2, 0.25) is 0 Å². The van der Waals surface area contributed by atoms with Crippen molar-refractivity contribution in [3.05, 3.63) is 47.9 Å². The lowest BCUT2D eigenvalue weighted by molar-refractivity contribution is -0.107. The Hall–Kier alpha value is -2.27. The predicted molar refractivity (Wildman–Crippen MR) is 98.0 cm³/mol. The number of nitrogens with one attached hydrogen (secondary N) is 1. The minimum atomic E-state index is 0.682. The Balaban J connectivity index is 1.54. The molecule has 0 saturated heterocycles. The summed E-state index contributed by atoms with van der Waals surface area (Å²) in [6.45, 7) is 0. The summed E-state index contributed by atoms with van der Waals surface area (Å²) in [6.07, 6.45) is 10.7. The van der Waals surface area contributed by atoms with Crippen LogP contribution < -0.4 is 0 Å². The van der Waals surface area contributed by atoms with Crippen molar-refractivity contribution in [3.63, 3.8) is 0 Å². The number of aryl methyl sites for hydroxylation is 1. The van der Waals surface area contributed by atoms with E-state index in [4.69, 9.17) is 0 Å². The number of thiazole rings is 1. The average molecular weight is 339 g/mol. The van der Waals surface area contributed by atoms with E-state index in [1.54, 1.807) is 11.3 Å². The van der Waals surface area contributed by atoms with E-state index in [-0.39, 0.29) is 0 Å². The molecule has 0 atom stereocenters. The number of benzene rings is 1. The Morgan fingerprint density at radius 2 is 1.79 bits per heavy atom. The molecule has 0 saturated carbocycles. The van der Waals surface area contributed by atoms with Gasteiger partial charge in [-0.25, -0.2) is 9.97 Å². The average Bonchev–Trinajstić information content (AvgIpc) is 3.30. The molecule has 0 radical (unpaired) electrons. The van der Waals surface area contributed by atoms with E-state index < -0.39 is 0 Å². The zero-order valence-electron chi connectivity index (χ0n) is 13.6.